The van der Waals surface area contributed by atoms with E-state index in [0.717, 1.165) is 16.5 Å². The number of esters is 1. The van der Waals surface area contributed by atoms with Gasteiger partial charge in [-0.25, -0.2) is 4.79 Å². The van der Waals surface area contributed by atoms with Gasteiger partial charge < -0.3 is 9.30 Å². The number of benzene rings is 1. The quantitative estimate of drug-likeness (QED) is 0.767. The molecule has 2 aromatic rings. The average molecular weight is 252 g/mol. The van der Waals surface area contributed by atoms with Gasteiger partial charge in [-0.2, -0.15) is 0 Å². The van der Waals surface area contributed by atoms with E-state index in [-0.39, 0.29) is 5.97 Å². The van der Waals surface area contributed by atoms with Crippen LogP contribution in [0, 0.1) is 6.92 Å². The lowest BCUT2D eigenvalue weighted by atomic mass is 10.2. The summed E-state index contributed by atoms with van der Waals surface area (Å²) in [6.07, 6.45) is 0. The highest BCUT2D eigenvalue weighted by atomic mass is 35.5. The number of aryl methyl sites for hydroxylation is 2. The lowest BCUT2D eigenvalue weighted by Crippen LogP contribution is -2.09. The Bertz CT molecular complexity index is 587. The van der Waals surface area contributed by atoms with Crippen LogP contribution in [0.1, 0.15) is 23.0 Å². The minimum Gasteiger partial charge on any atom is -0.461 e. The molecule has 17 heavy (non-hydrogen) atoms. The van der Waals surface area contributed by atoms with Crippen LogP contribution in [-0.2, 0) is 11.8 Å². The van der Waals surface area contributed by atoms with Crippen molar-refractivity contribution in [2.24, 2.45) is 7.05 Å². The highest BCUT2D eigenvalue weighted by molar-refractivity contribution is 6.35. The maximum Gasteiger partial charge on any atom is 0.354 e. The Morgan fingerprint density at radius 2 is 2.12 bits per heavy atom. The first-order chi connectivity index (χ1) is 8.04. The molecule has 0 amide bonds. The average Bonchev–Trinajstić information content (AvgIpc) is 2.57. The van der Waals surface area contributed by atoms with E-state index in [0.29, 0.717) is 17.3 Å². The molecule has 3 nitrogen and oxygen atoms in total. The summed E-state index contributed by atoms with van der Waals surface area (Å²) in [6.45, 7) is 4.13. The molecule has 0 saturated heterocycles. The van der Waals surface area contributed by atoms with Gasteiger partial charge in [0.25, 0.3) is 0 Å². The molecule has 4 heteroatoms. The van der Waals surface area contributed by atoms with Crippen molar-refractivity contribution in [2.75, 3.05) is 6.61 Å². The molecule has 0 N–H and O–H groups in total. The Morgan fingerprint density at radius 1 is 1.41 bits per heavy atom. The SMILES string of the molecule is CCOC(=O)c1cc2c(Cl)cc(C)cc2n1C. The number of ether oxygens (including phenoxy) is 1. The van der Waals surface area contributed by atoms with Gasteiger partial charge in [-0.05, 0) is 37.6 Å². The summed E-state index contributed by atoms with van der Waals surface area (Å²) in [5.74, 6) is -0.320. The van der Waals surface area contributed by atoms with Crippen molar-refractivity contribution in [2.45, 2.75) is 13.8 Å². The van der Waals surface area contributed by atoms with E-state index in [1.54, 1.807) is 13.0 Å². The van der Waals surface area contributed by atoms with Gasteiger partial charge in [0.05, 0.1) is 17.1 Å². The molecule has 0 spiro atoms. The number of hydrogen-bond donors (Lipinski definition) is 0. The third-order valence-corrected chi connectivity index (χ3v) is 3.05. The van der Waals surface area contributed by atoms with E-state index in [1.807, 2.05) is 30.7 Å². The zero-order chi connectivity index (χ0) is 12.6. The van der Waals surface area contributed by atoms with Crippen LogP contribution in [-0.4, -0.2) is 17.1 Å². The van der Waals surface area contributed by atoms with E-state index in [1.165, 1.54) is 0 Å². The van der Waals surface area contributed by atoms with Crippen molar-refractivity contribution in [1.82, 2.24) is 4.57 Å². The summed E-state index contributed by atoms with van der Waals surface area (Å²) in [4.78, 5) is 11.7. The van der Waals surface area contributed by atoms with Crippen LogP contribution in [0.4, 0.5) is 0 Å². The summed E-state index contributed by atoms with van der Waals surface area (Å²) in [5, 5.41) is 1.54. The molecular weight excluding hydrogens is 238 g/mol. The molecule has 0 bridgehead atoms. The van der Waals surface area contributed by atoms with Crippen molar-refractivity contribution >= 4 is 28.5 Å². The van der Waals surface area contributed by atoms with Crippen LogP contribution in [0.15, 0.2) is 18.2 Å². The van der Waals surface area contributed by atoms with E-state index in [4.69, 9.17) is 16.3 Å². The smallest absolute Gasteiger partial charge is 0.354 e. The number of rotatable bonds is 2. The minimum atomic E-state index is -0.320. The summed E-state index contributed by atoms with van der Waals surface area (Å²) < 4.78 is 6.82. The predicted octanol–water partition coefficient (Wildman–Crippen LogP) is 3.32. The highest BCUT2D eigenvalue weighted by Crippen LogP contribution is 2.28. The molecule has 1 aromatic heterocycles. The standard InChI is InChI=1S/C13H14ClNO2/c1-4-17-13(16)12-7-9-10(14)5-8(2)6-11(9)15(12)3/h5-7H,4H2,1-3H3. The molecule has 1 aromatic carbocycles. The third kappa shape index (κ3) is 2.03. The number of hydrogen-bond acceptors (Lipinski definition) is 2. The number of nitrogens with zero attached hydrogens (tertiary/aromatic N) is 1. The molecule has 0 aliphatic heterocycles. The van der Waals surface area contributed by atoms with Crippen LogP contribution in [0.2, 0.25) is 5.02 Å². The monoisotopic (exact) mass is 251 g/mol. The molecule has 0 unspecified atom stereocenters. The van der Waals surface area contributed by atoms with Crippen LogP contribution < -0.4 is 0 Å². The van der Waals surface area contributed by atoms with Crippen LogP contribution >= 0.6 is 11.6 Å². The van der Waals surface area contributed by atoms with E-state index in [9.17, 15) is 4.79 Å². The van der Waals surface area contributed by atoms with Crippen molar-refractivity contribution in [1.29, 1.82) is 0 Å². The molecule has 0 saturated carbocycles. The van der Waals surface area contributed by atoms with Crippen molar-refractivity contribution in [3.63, 3.8) is 0 Å². The maximum absolute atomic E-state index is 11.7. The van der Waals surface area contributed by atoms with E-state index >= 15 is 0 Å². The highest BCUT2D eigenvalue weighted by Gasteiger charge is 2.15. The number of fused-ring (bicyclic) bond motifs is 1. The van der Waals surface area contributed by atoms with Gasteiger partial charge in [-0.1, -0.05) is 11.6 Å². The molecule has 90 valence electrons. The summed E-state index contributed by atoms with van der Waals surface area (Å²) in [7, 11) is 1.84. The van der Waals surface area contributed by atoms with Crippen LogP contribution in [0.3, 0.4) is 0 Å². The lowest BCUT2D eigenvalue weighted by molar-refractivity contribution is 0.0516. The molecule has 2 rings (SSSR count). The molecule has 0 atom stereocenters. The summed E-state index contributed by atoms with van der Waals surface area (Å²) >= 11 is 6.16. The predicted molar refractivity (Wildman–Crippen MR) is 68.6 cm³/mol. The van der Waals surface area contributed by atoms with Gasteiger partial charge >= 0.3 is 5.97 Å². The van der Waals surface area contributed by atoms with Gasteiger partial charge in [0.15, 0.2) is 0 Å². The molecule has 0 aliphatic carbocycles. The number of aromatic nitrogens is 1. The normalized spacial score (nSPS) is 10.8. The largest absolute Gasteiger partial charge is 0.461 e. The van der Waals surface area contributed by atoms with Crippen LogP contribution in [0.25, 0.3) is 10.9 Å². The Balaban J connectivity index is 2.64. The minimum absolute atomic E-state index is 0.320. The van der Waals surface area contributed by atoms with Gasteiger partial charge in [0.2, 0.25) is 0 Å². The molecular formula is C13H14ClNO2. The van der Waals surface area contributed by atoms with Gasteiger partial charge in [0, 0.05) is 12.4 Å². The van der Waals surface area contributed by atoms with Crippen molar-refractivity contribution < 1.29 is 9.53 Å². The first-order valence-corrected chi connectivity index (χ1v) is 5.85. The number of carbonyl (C=O) groups is 1. The van der Waals surface area contributed by atoms with Crippen molar-refractivity contribution in [3.8, 4) is 0 Å². The molecule has 0 radical (unpaired) electrons. The first kappa shape index (κ1) is 12.0. The second-order valence-corrected chi connectivity index (χ2v) is 4.40. The zero-order valence-corrected chi connectivity index (χ0v) is 10.8. The fraction of sp³-hybridized carbons (Fsp3) is 0.308. The van der Waals surface area contributed by atoms with E-state index in [2.05, 4.69) is 0 Å². The molecule has 0 aliphatic rings. The molecule has 1 heterocycles. The number of halogens is 1. The topological polar surface area (TPSA) is 31.2 Å². The Morgan fingerprint density at radius 3 is 2.76 bits per heavy atom. The second-order valence-electron chi connectivity index (χ2n) is 3.99. The zero-order valence-electron chi connectivity index (χ0n) is 10.1. The first-order valence-electron chi connectivity index (χ1n) is 5.47. The molecule has 0 fully saturated rings. The van der Waals surface area contributed by atoms with Gasteiger partial charge in [0.1, 0.15) is 5.69 Å². The third-order valence-electron chi connectivity index (χ3n) is 2.74. The Kier molecular flexibility index (Phi) is 3.11. The lowest BCUT2D eigenvalue weighted by Gasteiger charge is -2.04. The van der Waals surface area contributed by atoms with Gasteiger partial charge in [-0.15, -0.1) is 0 Å². The number of carbonyl (C=O) groups excluding carboxylic acids is 1. The fourth-order valence-electron chi connectivity index (χ4n) is 1.92. The second kappa shape index (κ2) is 4.41. The maximum atomic E-state index is 11.7. The van der Waals surface area contributed by atoms with Crippen molar-refractivity contribution in [3.05, 3.63) is 34.5 Å². The fourth-order valence-corrected chi connectivity index (χ4v) is 2.24. The van der Waals surface area contributed by atoms with E-state index < -0.39 is 0 Å². The summed E-state index contributed by atoms with van der Waals surface area (Å²) in [5.41, 5.74) is 2.53. The van der Waals surface area contributed by atoms with Gasteiger partial charge in [-0.3, -0.25) is 0 Å². The Labute approximate surface area is 105 Å². The Hall–Kier alpha value is -1.48. The van der Waals surface area contributed by atoms with Crippen LogP contribution in [0.5, 0.6) is 0 Å². The summed E-state index contributed by atoms with van der Waals surface area (Å²) in [6, 6.07) is 5.66.